The summed E-state index contributed by atoms with van der Waals surface area (Å²) in [4.78, 5) is 12.3. The van der Waals surface area contributed by atoms with Crippen molar-refractivity contribution in [2.45, 2.75) is 13.3 Å². The number of hydrogen-bond donors (Lipinski definition) is 2. The fraction of sp³-hybridized carbons (Fsp3) is 0.471. The molecule has 22 heavy (non-hydrogen) atoms. The molecule has 5 heteroatoms. The van der Waals surface area contributed by atoms with Crippen LogP contribution in [0, 0.1) is 6.92 Å². The summed E-state index contributed by atoms with van der Waals surface area (Å²) in [6.45, 7) is 3.52. The van der Waals surface area contributed by atoms with Crippen molar-refractivity contribution in [1.29, 1.82) is 0 Å². The molecule has 0 aliphatic rings. The summed E-state index contributed by atoms with van der Waals surface area (Å²) >= 11 is 0. The number of rotatable bonds is 5. The summed E-state index contributed by atoms with van der Waals surface area (Å²) in [5.74, 6) is 0.148. The predicted molar refractivity (Wildman–Crippen MR) is 89.2 cm³/mol. The van der Waals surface area contributed by atoms with Gasteiger partial charge in [0.25, 0.3) is 5.91 Å². The van der Waals surface area contributed by atoms with Crippen molar-refractivity contribution in [2.24, 2.45) is 7.05 Å². The smallest absolute Gasteiger partial charge is 0.267 e. The van der Waals surface area contributed by atoms with Crippen molar-refractivity contribution in [3.63, 3.8) is 0 Å². The van der Waals surface area contributed by atoms with Gasteiger partial charge in [0.05, 0.1) is 33.2 Å². The van der Waals surface area contributed by atoms with Gasteiger partial charge in [-0.05, 0) is 24.6 Å². The third-order valence-corrected chi connectivity index (χ3v) is 3.92. The van der Waals surface area contributed by atoms with Crippen LogP contribution in [0.25, 0.3) is 10.9 Å². The SMILES string of the molecule is Cc1ccc2c(cc(C(=O)NCCC[N+](C)(C)C)n2C)c1O. The Balaban J connectivity index is 2.12. The van der Waals surface area contributed by atoms with E-state index in [-0.39, 0.29) is 11.7 Å². The molecule has 1 aromatic heterocycles. The Bertz CT molecular complexity index is 696. The molecule has 0 atom stereocenters. The van der Waals surface area contributed by atoms with Crippen LogP contribution >= 0.6 is 0 Å². The third kappa shape index (κ3) is 3.42. The molecule has 0 fully saturated rings. The Morgan fingerprint density at radius 3 is 2.64 bits per heavy atom. The quantitative estimate of drug-likeness (QED) is 0.656. The van der Waals surface area contributed by atoms with Crippen molar-refractivity contribution < 1.29 is 14.4 Å². The van der Waals surface area contributed by atoms with Gasteiger partial charge in [-0.15, -0.1) is 0 Å². The summed E-state index contributed by atoms with van der Waals surface area (Å²) in [5.41, 5.74) is 2.24. The molecule has 0 saturated heterocycles. The van der Waals surface area contributed by atoms with Crippen molar-refractivity contribution in [1.82, 2.24) is 9.88 Å². The lowest BCUT2D eigenvalue weighted by Gasteiger charge is -2.23. The second kappa shape index (κ2) is 6.01. The van der Waals surface area contributed by atoms with E-state index < -0.39 is 0 Å². The topological polar surface area (TPSA) is 54.3 Å². The number of carbonyl (C=O) groups excluding carboxylic acids is 1. The summed E-state index contributed by atoms with van der Waals surface area (Å²) in [6.07, 6.45) is 0.934. The Kier molecular flexibility index (Phi) is 4.47. The van der Waals surface area contributed by atoms with E-state index in [2.05, 4.69) is 26.5 Å². The van der Waals surface area contributed by atoms with Crippen molar-refractivity contribution in [2.75, 3.05) is 34.2 Å². The molecule has 1 amide bonds. The number of carbonyl (C=O) groups is 1. The summed E-state index contributed by atoms with van der Waals surface area (Å²) in [5, 5.41) is 13.8. The number of aromatic nitrogens is 1. The highest BCUT2D eigenvalue weighted by atomic mass is 16.3. The first-order valence-electron chi connectivity index (χ1n) is 7.57. The molecular formula is C17H26N3O2+. The maximum atomic E-state index is 12.3. The highest BCUT2D eigenvalue weighted by Gasteiger charge is 2.16. The van der Waals surface area contributed by atoms with Gasteiger partial charge >= 0.3 is 0 Å². The van der Waals surface area contributed by atoms with E-state index in [9.17, 15) is 9.90 Å². The highest BCUT2D eigenvalue weighted by molar-refractivity contribution is 6.00. The molecular weight excluding hydrogens is 278 g/mol. The van der Waals surface area contributed by atoms with Gasteiger partial charge in [-0.25, -0.2) is 0 Å². The van der Waals surface area contributed by atoms with Crippen LogP contribution in [-0.2, 0) is 7.05 Å². The summed E-state index contributed by atoms with van der Waals surface area (Å²) in [6, 6.07) is 5.55. The molecule has 1 aromatic carbocycles. The Hall–Kier alpha value is -2.01. The number of phenolic OH excluding ortho intramolecular Hbond substituents is 1. The minimum absolute atomic E-state index is 0.0998. The van der Waals surface area contributed by atoms with Gasteiger partial charge < -0.3 is 19.5 Å². The number of aryl methyl sites for hydroxylation is 2. The number of benzene rings is 1. The highest BCUT2D eigenvalue weighted by Crippen LogP contribution is 2.30. The molecule has 2 N–H and O–H groups in total. The van der Waals surface area contributed by atoms with Gasteiger partial charge in [0.2, 0.25) is 0 Å². The Morgan fingerprint density at radius 2 is 2.00 bits per heavy atom. The fourth-order valence-electron chi connectivity index (χ4n) is 2.57. The predicted octanol–water partition coefficient (Wildman–Crippen LogP) is 2.02. The van der Waals surface area contributed by atoms with Crippen LogP contribution in [-0.4, -0.2) is 54.3 Å². The van der Waals surface area contributed by atoms with E-state index in [4.69, 9.17) is 0 Å². The number of quaternary nitrogens is 1. The Morgan fingerprint density at radius 1 is 1.32 bits per heavy atom. The molecule has 2 rings (SSSR count). The second-order valence-corrected chi connectivity index (χ2v) is 6.88. The molecule has 5 nitrogen and oxygen atoms in total. The van der Waals surface area contributed by atoms with Crippen LogP contribution in [0.1, 0.15) is 22.5 Å². The minimum Gasteiger partial charge on any atom is -0.507 e. The van der Waals surface area contributed by atoms with E-state index in [0.29, 0.717) is 12.2 Å². The first kappa shape index (κ1) is 16.4. The zero-order valence-corrected chi connectivity index (χ0v) is 14.1. The monoisotopic (exact) mass is 304 g/mol. The molecule has 0 spiro atoms. The molecule has 0 unspecified atom stereocenters. The van der Waals surface area contributed by atoms with Crippen LogP contribution < -0.4 is 5.32 Å². The Labute approximate surface area is 131 Å². The van der Waals surface area contributed by atoms with Gasteiger partial charge in [0, 0.05) is 25.4 Å². The molecule has 1 heterocycles. The van der Waals surface area contributed by atoms with Crippen LogP contribution in [0.15, 0.2) is 18.2 Å². The first-order valence-corrected chi connectivity index (χ1v) is 7.57. The third-order valence-electron chi connectivity index (χ3n) is 3.92. The van der Waals surface area contributed by atoms with Gasteiger partial charge in [-0.3, -0.25) is 4.79 Å². The number of aromatic hydroxyl groups is 1. The lowest BCUT2D eigenvalue weighted by molar-refractivity contribution is -0.870. The van der Waals surface area contributed by atoms with Gasteiger partial charge in [0.15, 0.2) is 0 Å². The second-order valence-electron chi connectivity index (χ2n) is 6.88. The lowest BCUT2D eigenvalue weighted by Crippen LogP contribution is -2.37. The lowest BCUT2D eigenvalue weighted by atomic mass is 10.1. The standard InChI is InChI=1S/C17H25N3O2/c1-12-7-8-14-13(16(12)21)11-15(19(14)2)17(22)18-9-6-10-20(3,4)5/h7-8,11H,6,9-10H2,1-5H3,(H-,18,21,22)/p+1. The number of nitrogens with one attached hydrogen (secondary N) is 1. The van der Waals surface area contributed by atoms with E-state index in [0.717, 1.165) is 33.9 Å². The molecule has 0 saturated carbocycles. The zero-order valence-electron chi connectivity index (χ0n) is 14.1. The van der Waals surface area contributed by atoms with E-state index in [1.165, 1.54) is 0 Å². The van der Waals surface area contributed by atoms with Gasteiger partial charge in [0.1, 0.15) is 11.4 Å². The van der Waals surface area contributed by atoms with E-state index in [1.54, 1.807) is 6.07 Å². The van der Waals surface area contributed by atoms with E-state index >= 15 is 0 Å². The maximum Gasteiger partial charge on any atom is 0.267 e. The largest absolute Gasteiger partial charge is 0.507 e. The van der Waals surface area contributed by atoms with Gasteiger partial charge in [-0.2, -0.15) is 0 Å². The number of amides is 1. The molecule has 0 radical (unpaired) electrons. The molecule has 0 bridgehead atoms. The molecule has 120 valence electrons. The van der Waals surface area contributed by atoms with Crippen LogP contribution in [0.2, 0.25) is 0 Å². The molecule has 0 aliphatic carbocycles. The molecule has 2 aromatic rings. The summed E-state index contributed by atoms with van der Waals surface area (Å²) < 4.78 is 2.71. The van der Waals surface area contributed by atoms with E-state index in [1.807, 2.05) is 30.7 Å². The van der Waals surface area contributed by atoms with Crippen LogP contribution in [0.3, 0.4) is 0 Å². The van der Waals surface area contributed by atoms with Crippen LogP contribution in [0.5, 0.6) is 5.75 Å². The summed E-state index contributed by atoms with van der Waals surface area (Å²) in [7, 11) is 8.25. The zero-order chi connectivity index (χ0) is 16.5. The van der Waals surface area contributed by atoms with Gasteiger partial charge in [-0.1, -0.05) is 6.07 Å². The number of phenols is 1. The average molecular weight is 304 g/mol. The van der Waals surface area contributed by atoms with Crippen LogP contribution in [0.4, 0.5) is 0 Å². The number of fused-ring (bicyclic) bond motifs is 1. The number of nitrogens with zero attached hydrogens (tertiary/aromatic N) is 2. The van der Waals surface area contributed by atoms with Crippen molar-refractivity contribution in [3.8, 4) is 5.75 Å². The maximum absolute atomic E-state index is 12.3. The molecule has 0 aliphatic heterocycles. The van der Waals surface area contributed by atoms with Crippen molar-refractivity contribution in [3.05, 3.63) is 29.5 Å². The fourth-order valence-corrected chi connectivity index (χ4v) is 2.57. The average Bonchev–Trinajstić information content (AvgIpc) is 2.76. The first-order chi connectivity index (χ1) is 10.2. The number of hydrogen-bond acceptors (Lipinski definition) is 2. The normalized spacial score (nSPS) is 11.9. The minimum atomic E-state index is -0.0998. The van der Waals surface area contributed by atoms with Crippen molar-refractivity contribution >= 4 is 16.8 Å².